The highest BCUT2D eigenvalue weighted by atomic mass is 19.1. The second-order valence-corrected chi connectivity index (χ2v) is 6.14. The number of carbonyl (C=O) groups excluding carboxylic acids is 1. The fourth-order valence-electron chi connectivity index (χ4n) is 2.62. The minimum atomic E-state index is -0.556. The lowest BCUT2D eigenvalue weighted by molar-refractivity contribution is -0.132. The lowest BCUT2D eigenvalue weighted by Crippen LogP contribution is -2.49. The molecule has 0 saturated carbocycles. The molecule has 1 atom stereocenters. The summed E-state index contributed by atoms with van der Waals surface area (Å²) in [6, 6.07) is 1.31. The number of nitrogens with zero attached hydrogens (tertiary/aromatic N) is 5. The van der Waals surface area contributed by atoms with Crippen LogP contribution in [0.25, 0.3) is 0 Å². The number of rotatable bonds is 8. The normalized spacial score (nSPS) is 17.8. The molecular formula is C16H26FN5O3. The van der Waals surface area contributed by atoms with Gasteiger partial charge >= 0.3 is 0 Å². The predicted molar refractivity (Wildman–Crippen MR) is 91.0 cm³/mol. The van der Waals surface area contributed by atoms with Gasteiger partial charge in [-0.15, -0.1) is 0 Å². The summed E-state index contributed by atoms with van der Waals surface area (Å²) >= 11 is 0. The zero-order chi connectivity index (χ0) is 18.2. The molecular weight excluding hydrogens is 329 g/mol. The largest absolute Gasteiger partial charge is 0.383 e. The number of amides is 1. The predicted octanol–water partition coefficient (Wildman–Crippen LogP) is -0.142. The molecule has 9 heteroatoms. The summed E-state index contributed by atoms with van der Waals surface area (Å²) in [6.45, 7) is 3.77. The molecule has 1 fully saturated rings. The third-order valence-electron chi connectivity index (χ3n) is 4.07. The van der Waals surface area contributed by atoms with E-state index in [1.807, 2.05) is 16.8 Å². The minimum absolute atomic E-state index is 0.0207. The van der Waals surface area contributed by atoms with Gasteiger partial charge in [0.15, 0.2) is 0 Å². The Morgan fingerprint density at radius 3 is 3.00 bits per heavy atom. The molecule has 1 unspecified atom stereocenters. The number of methoxy groups -OCH3 is 1. The van der Waals surface area contributed by atoms with E-state index in [0.29, 0.717) is 51.8 Å². The van der Waals surface area contributed by atoms with E-state index in [1.54, 1.807) is 19.1 Å². The van der Waals surface area contributed by atoms with E-state index in [-0.39, 0.29) is 12.0 Å². The molecule has 1 aromatic heterocycles. The Balaban J connectivity index is 1.83. The number of halogens is 1. The van der Waals surface area contributed by atoms with Gasteiger partial charge < -0.3 is 19.3 Å². The van der Waals surface area contributed by atoms with Gasteiger partial charge in [0.05, 0.1) is 25.9 Å². The second-order valence-electron chi connectivity index (χ2n) is 6.14. The average Bonchev–Trinajstić information content (AvgIpc) is 2.60. The van der Waals surface area contributed by atoms with Crippen molar-refractivity contribution < 1.29 is 18.7 Å². The average molecular weight is 355 g/mol. The van der Waals surface area contributed by atoms with E-state index in [0.717, 1.165) is 0 Å². The molecule has 0 aromatic carbocycles. The van der Waals surface area contributed by atoms with Crippen molar-refractivity contribution in [2.24, 2.45) is 0 Å². The molecule has 1 aliphatic heterocycles. The first-order valence-corrected chi connectivity index (χ1v) is 8.25. The van der Waals surface area contributed by atoms with E-state index < -0.39 is 5.95 Å². The van der Waals surface area contributed by atoms with E-state index in [9.17, 15) is 9.18 Å². The van der Waals surface area contributed by atoms with Crippen molar-refractivity contribution in [3.8, 4) is 0 Å². The topological polar surface area (TPSA) is 71.0 Å². The molecule has 1 aliphatic rings. The summed E-state index contributed by atoms with van der Waals surface area (Å²) < 4.78 is 24.0. The van der Waals surface area contributed by atoms with E-state index in [4.69, 9.17) is 9.47 Å². The van der Waals surface area contributed by atoms with E-state index in [1.165, 1.54) is 12.4 Å². The molecule has 0 aliphatic carbocycles. The molecule has 140 valence electrons. The number of aromatic nitrogens is 2. The van der Waals surface area contributed by atoms with E-state index in [2.05, 4.69) is 9.97 Å². The Morgan fingerprint density at radius 2 is 2.28 bits per heavy atom. The minimum Gasteiger partial charge on any atom is -0.383 e. The van der Waals surface area contributed by atoms with Crippen LogP contribution < -0.4 is 4.90 Å². The second kappa shape index (κ2) is 9.59. The summed E-state index contributed by atoms with van der Waals surface area (Å²) in [7, 11) is 5.28. The van der Waals surface area contributed by atoms with Gasteiger partial charge in [-0.2, -0.15) is 4.39 Å². The van der Waals surface area contributed by atoms with Crippen LogP contribution in [0.1, 0.15) is 0 Å². The van der Waals surface area contributed by atoms with Gasteiger partial charge in [0, 0.05) is 46.4 Å². The number of morpholine rings is 1. The van der Waals surface area contributed by atoms with Crippen molar-refractivity contribution in [3.63, 3.8) is 0 Å². The number of carbonyl (C=O) groups is 1. The maximum absolute atomic E-state index is 13.3. The third-order valence-corrected chi connectivity index (χ3v) is 4.07. The van der Waals surface area contributed by atoms with Crippen LogP contribution in [-0.2, 0) is 14.3 Å². The molecule has 0 N–H and O–H groups in total. The van der Waals surface area contributed by atoms with Crippen LogP contribution in [0.5, 0.6) is 0 Å². The fourth-order valence-corrected chi connectivity index (χ4v) is 2.62. The lowest BCUT2D eigenvalue weighted by Gasteiger charge is -2.35. The molecule has 1 aromatic rings. The standard InChI is InChI=1S/C16H26FN5O3/c1-20(4-6-24-3)11-16(23)21(2)9-13-10-22(5-7-25-13)15-8-14(17)18-12-19-15/h8,12-13H,4-7,9-11H2,1-3H3. The first-order chi connectivity index (χ1) is 12.0. The van der Waals surface area contributed by atoms with Gasteiger partial charge in [0.1, 0.15) is 12.1 Å². The monoisotopic (exact) mass is 355 g/mol. The quantitative estimate of drug-likeness (QED) is 0.601. The molecule has 8 nitrogen and oxygen atoms in total. The van der Waals surface area contributed by atoms with Crippen LogP contribution in [0.2, 0.25) is 0 Å². The Morgan fingerprint density at radius 1 is 1.48 bits per heavy atom. The fraction of sp³-hybridized carbons (Fsp3) is 0.688. The van der Waals surface area contributed by atoms with Crippen molar-refractivity contribution in [2.75, 3.05) is 72.0 Å². The zero-order valence-electron chi connectivity index (χ0n) is 15.0. The van der Waals surface area contributed by atoms with Gasteiger partial charge in [-0.3, -0.25) is 9.69 Å². The zero-order valence-corrected chi connectivity index (χ0v) is 15.0. The summed E-state index contributed by atoms with van der Waals surface area (Å²) in [5.74, 6) is 0.000851. The lowest BCUT2D eigenvalue weighted by atomic mass is 10.2. The van der Waals surface area contributed by atoms with E-state index >= 15 is 0 Å². The van der Waals surface area contributed by atoms with Crippen LogP contribution in [0, 0.1) is 5.95 Å². The number of anilines is 1. The van der Waals surface area contributed by atoms with Crippen LogP contribution in [0.15, 0.2) is 12.4 Å². The molecule has 0 radical (unpaired) electrons. The Hall–Kier alpha value is -1.84. The van der Waals surface area contributed by atoms with Crippen molar-refractivity contribution in [1.82, 2.24) is 19.8 Å². The first-order valence-electron chi connectivity index (χ1n) is 8.25. The molecule has 1 amide bonds. The van der Waals surface area contributed by atoms with Crippen molar-refractivity contribution in [3.05, 3.63) is 18.3 Å². The third kappa shape index (κ3) is 6.18. The number of likely N-dealkylation sites (N-methyl/N-ethyl adjacent to an activating group) is 2. The van der Waals surface area contributed by atoms with Crippen LogP contribution >= 0.6 is 0 Å². The number of hydrogen-bond donors (Lipinski definition) is 0. The molecule has 1 saturated heterocycles. The molecule has 2 rings (SSSR count). The highest BCUT2D eigenvalue weighted by Gasteiger charge is 2.24. The Bertz CT molecular complexity index is 562. The molecule has 25 heavy (non-hydrogen) atoms. The SMILES string of the molecule is COCCN(C)CC(=O)N(C)CC1CN(c2cc(F)ncn2)CCO1. The first kappa shape index (κ1) is 19.5. The van der Waals surface area contributed by atoms with Gasteiger partial charge in [0.2, 0.25) is 11.9 Å². The smallest absolute Gasteiger partial charge is 0.236 e. The van der Waals surface area contributed by atoms with Gasteiger partial charge in [-0.25, -0.2) is 9.97 Å². The maximum Gasteiger partial charge on any atom is 0.236 e. The molecule has 0 spiro atoms. The maximum atomic E-state index is 13.3. The number of ether oxygens (including phenoxy) is 2. The van der Waals surface area contributed by atoms with Gasteiger partial charge in [0.25, 0.3) is 0 Å². The van der Waals surface area contributed by atoms with Gasteiger partial charge in [-0.05, 0) is 7.05 Å². The molecule has 2 heterocycles. The van der Waals surface area contributed by atoms with Crippen LogP contribution in [0.4, 0.5) is 10.2 Å². The number of hydrogen-bond acceptors (Lipinski definition) is 7. The van der Waals surface area contributed by atoms with Gasteiger partial charge in [-0.1, -0.05) is 0 Å². The van der Waals surface area contributed by atoms with Crippen LogP contribution in [-0.4, -0.2) is 98.9 Å². The van der Waals surface area contributed by atoms with Crippen molar-refractivity contribution >= 4 is 11.7 Å². The summed E-state index contributed by atoms with van der Waals surface area (Å²) in [6.07, 6.45) is 1.06. The summed E-state index contributed by atoms with van der Waals surface area (Å²) in [5, 5.41) is 0. The Labute approximate surface area is 147 Å². The van der Waals surface area contributed by atoms with Crippen molar-refractivity contribution in [1.29, 1.82) is 0 Å². The Kier molecular flexibility index (Phi) is 7.48. The molecule has 0 bridgehead atoms. The van der Waals surface area contributed by atoms with Crippen molar-refractivity contribution in [2.45, 2.75) is 6.10 Å². The highest BCUT2D eigenvalue weighted by molar-refractivity contribution is 5.78. The van der Waals surface area contributed by atoms with Crippen LogP contribution in [0.3, 0.4) is 0 Å². The summed E-state index contributed by atoms with van der Waals surface area (Å²) in [4.78, 5) is 25.4. The summed E-state index contributed by atoms with van der Waals surface area (Å²) in [5.41, 5.74) is 0. The highest BCUT2D eigenvalue weighted by Crippen LogP contribution is 2.15.